The Labute approximate surface area is 128 Å². The van der Waals surface area contributed by atoms with Crippen molar-refractivity contribution in [3.8, 4) is 5.69 Å². The minimum absolute atomic E-state index is 0.603. The largest absolute Gasteiger partial charge is 0.329 e. The third-order valence-corrected chi connectivity index (χ3v) is 4.10. The quantitative estimate of drug-likeness (QED) is 0.636. The minimum Gasteiger partial charge on any atom is -0.329 e. The lowest BCUT2D eigenvalue weighted by Gasteiger charge is -2.08. The van der Waals surface area contributed by atoms with Gasteiger partial charge in [-0.15, -0.1) is 0 Å². The number of aromatic amines is 1. The molecule has 2 heterocycles. The minimum atomic E-state index is 0.603. The fraction of sp³-hybridized carbons (Fsp3) is 0.0769. The molecule has 0 bridgehead atoms. The van der Waals surface area contributed by atoms with Gasteiger partial charge in [-0.25, -0.2) is 4.98 Å². The molecule has 6 heteroatoms. The van der Waals surface area contributed by atoms with E-state index < -0.39 is 0 Å². The number of imidazole rings is 1. The molecule has 0 aliphatic heterocycles. The summed E-state index contributed by atoms with van der Waals surface area (Å²) in [6, 6.07) is 7.70. The zero-order chi connectivity index (χ0) is 13.6. The van der Waals surface area contributed by atoms with Crippen molar-refractivity contribution in [3.63, 3.8) is 0 Å². The molecule has 1 aromatic carbocycles. The zero-order valence-electron chi connectivity index (χ0n) is 9.95. The summed E-state index contributed by atoms with van der Waals surface area (Å²) >= 11 is 15.0. The highest BCUT2D eigenvalue weighted by atomic mass is 79.9. The molecule has 2 aromatic heterocycles. The van der Waals surface area contributed by atoms with Crippen LogP contribution in [0.3, 0.4) is 0 Å². The normalized spacial score (nSPS) is 11.1. The smallest absolute Gasteiger partial charge is 0.184 e. The molecule has 3 rings (SSSR count). The molecule has 3 nitrogen and oxygen atoms in total. The van der Waals surface area contributed by atoms with E-state index in [4.69, 9.17) is 23.8 Å². The molecule has 0 radical (unpaired) electrons. The third-order valence-electron chi connectivity index (χ3n) is 2.97. The van der Waals surface area contributed by atoms with Crippen LogP contribution in [0.4, 0.5) is 0 Å². The van der Waals surface area contributed by atoms with Crippen molar-refractivity contribution in [2.24, 2.45) is 0 Å². The van der Waals surface area contributed by atoms with Crippen molar-refractivity contribution < 1.29 is 0 Å². The molecule has 0 saturated heterocycles. The third kappa shape index (κ3) is 2.12. The van der Waals surface area contributed by atoms with Crippen LogP contribution in [0.5, 0.6) is 0 Å². The van der Waals surface area contributed by atoms with Crippen LogP contribution in [-0.4, -0.2) is 14.5 Å². The number of hydrogen-bond acceptors (Lipinski definition) is 2. The Morgan fingerprint density at radius 1 is 1.42 bits per heavy atom. The van der Waals surface area contributed by atoms with Crippen molar-refractivity contribution in [1.82, 2.24) is 14.5 Å². The number of fused-ring (bicyclic) bond motifs is 1. The molecule has 0 amide bonds. The van der Waals surface area contributed by atoms with Gasteiger partial charge in [0.1, 0.15) is 0 Å². The maximum atomic E-state index is 6.17. The van der Waals surface area contributed by atoms with Crippen molar-refractivity contribution in [2.75, 3.05) is 0 Å². The first-order chi connectivity index (χ1) is 9.08. The fourth-order valence-corrected chi connectivity index (χ4v) is 2.83. The van der Waals surface area contributed by atoms with Gasteiger partial charge in [-0.3, -0.25) is 4.57 Å². The Hall–Kier alpha value is -1.17. The molecule has 0 fully saturated rings. The van der Waals surface area contributed by atoms with Crippen LogP contribution in [0.2, 0.25) is 5.02 Å². The maximum Gasteiger partial charge on any atom is 0.184 e. The number of aromatic nitrogens is 3. The molecule has 3 aromatic rings. The fourth-order valence-electron chi connectivity index (χ4n) is 2.03. The number of rotatable bonds is 1. The van der Waals surface area contributed by atoms with Gasteiger partial charge in [-0.2, -0.15) is 0 Å². The monoisotopic (exact) mass is 353 g/mol. The first-order valence-electron chi connectivity index (χ1n) is 5.59. The summed E-state index contributed by atoms with van der Waals surface area (Å²) < 4.78 is 3.41. The Kier molecular flexibility index (Phi) is 3.20. The summed E-state index contributed by atoms with van der Waals surface area (Å²) in [6.45, 7) is 1.97. The first kappa shape index (κ1) is 12.8. The lowest BCUT2D eigenvalue weighted by Crippen LogP contribution is -1.98. The number of hydrogen-bond donors (Lipinski definition) is 1. The predicted octanol–water partition coefficient (Wildman–Crippen LogP) is 4.81. The summed E-state index contributed by atoms with van der Waals surface area (Å²) in [7, 11) is 0. The van der Waals surface area contributed by atoms with E-state index in [2.05, 4.69) is 25.9 Å². The molecule has 0 aliphatic rings. The van der Waals surface area contributed by atoms with Crippen LogP contribution in [0, 0.1) is 11.7 Å². The van der Waals surface area contributed by atoms with Crippen LogP contribution >= 0.6 is 39.7 Å². The highest BCUT2D eigenvalue weighted by Crippen LogP contribution is 2.26. The van der Waals surface area contributed by atoms with Gasteiger partial charge in [0.25, 0.3) is 0 Å². The molecule has 0 spiro atoms. The van der Waals surface area contributed by atoms with Crippen LogP contribution in [0.1, 0.15) is 5.56 Å². The summed E-state index contributed by atoms with van der Waals surface area (Å²) in [6.07, 6.45) is 1.75. The molecule has 0 atom stereocenters. The van der Waals surface area contributed by atoms with Crippen molar-refractivity contribution in [2.45, 2.75) is 6.92 Å². The van der Waals surface area contributed by atoms with E-state index in [0.717, 1.165) is 26.9 Å². The lowest BCUT2D eigenvalue weighted by molar-refractivity contribution is 1.03. The van der Waals surface area contributed by atoms with Crippen LogP contribution in [-0.2, 0) is 0 Å². The highest BCUT2D eigenvalue weighted by Gasteiger charge is 2.11. The van der Waals surface area contributed by atoms with E-state index in [-0.39, 0.29) is 0 Å². The molecule has 19 heavy (non-hydrogen) atoms. The molecule has 0 saturated carbocycles. The molecule has 0 unspecified atom stereocenters. The van der Waals surface area contributed by atoms with Crippen molar-refractivity contribution >= 4 is 50.9 Å². The average Bonchev–Trinajstić information content (AvgIpc) is 2.68. The van der Waals surface area contributed by atoms with Crippen LogP contribution in [0.15, 0.2) is 34.9 Å². The summed E-state index contributed by atoms with van der Waals surface area (Å²) in [5.74, 6) is 0. The van der Waals surface area contributed by atoms with E-state index in [0.29, 0.717) is 9.79 Å². The Balaban J connectivity index is 2.40. The van der Waals surface area contributed by atoms with Crippen LogP contribution < -0.4 is 0 Å². The molecule has 1 N–H and O–H groups in total. The van der Waals surface area contributed by atoms with Gasteiger partial charge >= 0.3 is 0 Å². The number of nitrogens with one attached hydrogen (secondary N) is 1. The Morgan fingerprint density at radius 3 is 3.00 bits per heavy atom. The van der Waals surface area contributed by atoms with E-state index in [1.807, 2.05) is 35.8 Å². The van der Waals surface area contributed by atoms with Crippen molar-refractivity contribution in [3.05, 3.63) is 50.3 Å². The number of halogens is 2. The van der Waals surface area contributed by atoms with Gasteiger partial charge in [0.05, 0.1) is 11.2 Å². The van der Waals surface area contributed by atoms with Gasteiger partial charge in [-0.1, -0.05) is 17.7 Å². The second kappa shape index (κ2) is 4.74. The van der Waals surface area contributed by atoms with Gasteiger partial charge in [0, 0.05) is 15.7 Å². The number of H-pyrrole nitrogens is 1. The summed E-state index contributed by atoms with van der Waals surface area (Å²) in [5.41, 5.74) is 3.60. The second-order valence-electron chi connectivity index (χ2n) is 4.17. The lowest BCUT2D eigenvalue weighted by atomic mass is 10.2. The molecular formula is C13H9BrClN3S. The van der Waals surface area contributed by atoms with E-state index in [1.54, 1.807) is 6.20 Å². The number of benzene rings is 1. The SMILES string of the molecule is Cc1c(Cl)cccc1-n1c(=S)[nH]c2cc(Br)cnc21. The summed E-state index contributed by atoms with van der Waals surface area (Å²) in [4.78, 5) is 7.58. The standard InChI is InChI=1S/C13H9BrClN3S/c1-7-9(15)3-2-4-11(7)18-12-10(17-13(18)19)5-8(14)6-16-12/h2-6H,1H3,(H,17,19). The summed E-state index contributed by atoms with van der Waals surface area (Å²) in [5, 5.41) is 0.714. The zero-order valence-corrected chi connectivity index (χ0v) is 13.1. The van der Waals surface area contributed by atoms with Gasteiger partial charge in [0.15, 0.2) is 10.4 Å². The van der Waals surface area contributed by atoms with Crippen molar-refractivity contribution in [1.29, 1.82) is 0 Å². The topological polar surface area (TPSA) is 33.6 Å². The van der Waals surface area contributed by atoms with Gasteiger partial charge < -0.3 is 4.98 Å². The van der Waals surface area contributed by atoms with Gasteiger partial charge in [-0.05, 0) is 58.8 Å². The molecule has 96 valence electrons. The molecule has 0 aliphatic carbocycles. The number of nitrogens with zero attached hydrogens (tertiary/aromatic N) is 2. The highest BCUT2D eigenvalue weighted by molar-refractivity contribution is 9.10. The second-order valence-corrected chi connectivity index (χ2v) is 5.88. The Morgan fingerprint density at radius 2 is 2.21 bits per heavy atom. The van der Waals surface area contributed by atoms with E-state index in [9.17, 15) is 0 Å². The predicted molar refractivity (Wildman–Crippen MR) is 83.7 cm³/mol. The Bertz CT molecular complexity index is 838. The average molecular weight is 355 g/mol. The molecular weight excluding hydrogens is 346 g/mol. The van der Waals surface area contributed by atoms with Gasteiger partial charge in [0.2, 0.25) is 0 Å². The van der Waals surface area contributed by atoms with E-state index in [1.165, 1.54) is 0 Å². The maximum absolute atomic E-state index is 6.17. The number of pyridine rings is 1. The van der Waals surface area contributed by atoms with Crippen LogP contribution in [0.25, 0.3) is 16.9 Å². The first-order valence-corrected chi connectivity index (χ1v) is 7.17. The van der Waals surface area contributed by atoms with E-state index >= 15 is 0 Å².